The number of piperidine rings is 1. The molecule has 0 spiro atoms. The number of nitrogen functional groups attached to an aromatic ring is 1. The molecule has 4 heteroatoms. The number of Topliss-reactive ketones (excluding diaryl/α,β-unsaturated/α-hetero) is 1. The molecule has 1 aliphatic carbocycles. The molecule has 0 aromatic carbocycles. The lowest BCUT2D eigenvalue weighted by atomic mass is 10.1. The molecular weight excluding hydrogens is 232 g/mol. The van der Waals surface area contributed by atoms with E-state index in [1.54, 1.807) is 11.3 Å². The number of hydrogen-bond acceptors (Lipinski definition) is 4. The van der Waals surface area contributed by atoms with Crippen molar-refractivity contribution in [2.45, 2.75) is 32.1 Å². The summed E-state index contributed by atoms with van der Waals surface area (Å²) in [4.78, 5) is 15.2. The molecule has 1 saturated heterocycles. The second-order valence-corrected chi connectivity index (χ2v) is 6.09. The maximum Gasteiger partial charge on any atom is 0.178 e. The Morgan fingerprint density at radius 2 is 2.00 bits per heavy atom. The molecular formula is C13H18N2OS. The highest BCUT2D eigenvalue weighted by molar-refractivity contribution is 7.18. The third-order valence-corrected chi connectivity index (χ3v) is 4.81. The number of nitrogens with zero attached hydrogens (tertiary/aromatic N) is 1. The SMILES string of the molecule is Nc1cc(N2CCCCC2)sc1C(=O)C1CC1. The first-order chi connectivity index (χ1) is 8.25. The average molecular weight is 250 g/mol. The van der Waals surface area contributed by atoms with Crippen LogP contribution in [0.15, 0.2) is 6.07 Å². The van der Waals surface area contributed by atoms with Gasteiger partial charge in [-0.3, -0.25) is 4.79 Å². The van der Waals surface area contributed by atoms with Gasteiger partial charge in [-0.1, -0.05) is 0 Å². The average Bonchev–Trinajstić information content (AvgIpc) is 3.13. The number of carbonyl (C=O) groups excluding carboxylic acids is 1. The van der Waals surface area contributed by atoms with E-state index in [1.807, 2.05) is 6.07 Å². The molecule has 2 heterocycles. The first-order valence-corrected chi connectivity index (χ1v) is 7.26. The molecule has 0 bridgehead atoms. The van der Waals surface area contributed by atoms with E-state index in [-0.39, 0.29) is 11.7 Å². The van der Waals surface area contributed by atoms with Gasteiger partial charge in [0, 0.05) is 19.0 Å². The first-order valence-electron chi connectivity index (χ1n) is 6.44. The van der Waals surface area contributed by atoms with Gasteiger partial charge in [-0.2, -0.15) is 0 Å². The summed E-state index contributed by atoms with van der Waals surface area (Å²) in [6, 6.07) is 1.99. The summed E-state index contributed by atoms with van der Waals surface area (Å²) in [6.07, 6.45) is 5.93. The smallest absolute Gasteiger partial charge is 0.178 e. The fourth-order valence-corrected chi connectivity index (χ4v) is 3.54. The van der Waals surface area contributed by atoms with Gasteiger partial charge < -0.3 is 10.6 Å². The van der Waals surface area contributed by atoms with Crippen LogP contribution in [0.3, 0.4) is 0 Å². The Kier molecular flexibility index (Phi) is 2.82. The van der Waals surface area contributed by atoms with Crippen LogP contribution >= 0.6 is 11.3 Å². The van der Waals surface area contributed by atoms with Crippen LogP contribution in [-0.4, -0.2) is 18.9 Å². The van der Waals surface area contributed by atoms with E-state index in [0.717, 1.165) is 30.8 Å². The van der Waals surface area contributed by atoms with Crippen molar-refractivity contribution in [3.8, 4) is 0 Å². The monoisotopic (exact) mass is 250 g/mol. The zero-order valence-electron chi connectivity index (χ0n) is 9.95. The van der Waals surface area contributed by atoms with Gasteiger partial charge >= 0.3 is 0 Å². The van der Waals surface area contributed by atoms with Crippen LogP contribution in [0, 0.1) is 5.92 Å². The van der Waals surface area contributed by atoms with E-state index in [0.29, 0.717) is 5.69 Å². The Hall–Kier alpha value is -1.03. The standard InChI is InChI=1S/C13H18N2OS/c14-10-8-11(15-6-2-1-3-7-15)17-13(10)12(16)9-4-5-9/h8-9H,1-7,14H2. The van der Waals surface area contributed by atoms with E-state index < -0.39 is 0 Å². The van der Waals surface area contributed by atoms with Crippen molar-refractivity contribution in [1.82, 2.24) is 0 Å². The molecule has 1 aromatic heterocycles. The molecule has 3 nitrogen and oxygen atoms in total. The van der Waals surface area contributed by atoms with E-state index >= 15 is 0 Å². The molecule has 0 radical (unpaired) electrons. The van der Waals surface area contributed by atoms with Crippen molar-refractivity contribution in [3.05, 3.63) is 10.9 Å². The van der Waals surface area contributed by atoms with E-state index in [9.17, 15) is 4.79 Å². The highest BCUT2D eigenvalue weighted by Gasteiger charge is 2.33. The Balaban J connectivity index is 1.81. The molecule has 3 rings (SSSR count). The summed E-state index contributed by atoms with van der Waals surface area (Å²) in [6.45, 7) is 2.22. The summed E-state index contributed by atoms with van der Waals surface area (Å²) in [7, 11) is 0. The molecule has 1 aliphatic heterocycles. The van der Waals surface area contributed by atoms with Crippen LogP contribution in [0.25, 0.3) is 0 Å². The number of nitrogens with two attached hydrogens (primary N) is 1. The molecule has 2 aliphatic rings. The fraction of sp³-hybridized carbons (Fsp3) is 0.615. The van der Waals surface area contributed by atoms with Gasteiger partial charge in [0.2, 0.25) is 0 Å². The Bertz CT molecular complexity index is 431. The molecule has 0 unspecified atom stereocenters. The van der Waals surface area contributed by atoms with Gasteiger partial charge in [-0.15, -0.1) is 11.3 Å². The number of thiophene rings is 1. The van der Waals surface area contributed by atoms with Crippen LogP contribution in [-0.2, 0) is 0 Å². The van der Waals surface area contributed by atoms with Crippen molar-refractivity contribution in [1.29, 1.82) is 0 Å². The number of carbonyl (C=O) groups is 1. The van der Waals surface area contributed by atoms with Crippen molar-refractivity contribution in [2.24, 2.45) is 5.92 Å². The minimum atomic E-state index is 0.269. The topological polar surface area (TPSA) is 46.3 Å². The van der Waals surface area contributed by atoms with Crippen LogP contribution in [0.2, 0.25) is 0 Å². The highest BCUT2D eigenvalue weighted by atomic mass is 32.1. The first kappa shape index (κ1) is 11.1. The maximum absolute atomic E-state index is 12.0. The predicted octanol–water partition coefficient (Wildman–Crippen LogP) is 2.91. The molecule has 2 N–H and O–H groups in total. The zero-order chi connectivity index (χ0) is 11.8. The quantitative estimate of drug-likeness (QED) is 0.839. The van der Waals surface area contributed by atoms with Gasteiger partial charge in [0.1, 0.15) is 0 Å². The third-order valence-electron chi connectivity index (χ3n) is 3.59. The van der Waals surface area contributed by atoms with Crippen LogP contribution in [0.5, 0.6) is 0 Å². The second kappa shape index (κ2) is 4.33. The van der Waals surface area contributed by atoms with Crippen LogP contribution in [0.4, 0.5) is 10.7 Å². The zero-order valence-corrected chi connectivity index (χ0v) is 10.8. The van der Waals surface area contributed by atoms with Gasteiger partial charge in [0.05, 0.1) is 15.6 Å². The van der Waals surface area contributed by atoms with Crippen molar-refractivity contribution >= 4 is 27.8 Å². The fourth-order valence-electron chi connectivity index (χ4n) is 2.39. The van der Waals surface area contributed by atoms with Crippen molar-refractivity contribution in [2.75, 3.05) is 23.7 Å². The molecule has 2 fully saturated rings. The molecule has 0 atom stereocenters. The van der Waals surface area contributed by atoms with Crippen LogP contribution < -0.4 is 10.6 Å². The Morgan fingerprint density at radius 1 is 1.29 bits per heavy atom. The lowest BCUT2D eigenvalue weighted by Gasteiger charge is -2.26. The number of rotatable bonds is 3. The number of anilines is 2. The van der Waals surface area contributed by atoms with Gasteiger partial charge in [0.15, 0.2) is 5.78 Å². The Labute approximate surface area is 106 Å². The van der Waals surface area contributed by atoms with E-state index in [2.05, 4.69) is 4.90 Å². The lowest BCUT2D eigenvalue weighted by molar-refractivity contribution is 0.0972. The molecule has 17 heavy (non-hydrogen) atoms. The van der Waals surface area contributed by atoms with E-state index in [4.69, 9.17) is 5.73 Å². The van der Waals surface area contributed by atoms with Gasteiger partial charge in [0.25, 0.3) is 0 Å². The summed E-state index contributed by atoms with van der Waals surface area (Å²) in [5, 5.41) is 1.19. The summed E-state index contributed by atoms with van der Waals surface area (Å²) in [5.41, 5.74) is 6.66. The lowest BCUT2D eigenvalue weighted by Crippen LogP contribution is -2.28. The minimum Gasteiger partial charge on any atom is -0.397 e. The normalized spacial score (nSPS) is 20.6. The van der Waals surface area contributed by atoms with Crippen LogP contribution in [0.1, 0.15) is 41.8 Å². The van der Waals surface area contributed by atoms with Gasteiger partial charge in [-0.25, -0.2) is 0 Å². The summed E-state index contributed by atoms with van der Waals surface area (Å²) in [5.74, 6) is 0.543. The minimum absolute atomic E-state index is 0.269. The largest absolute Gasteiger partial charge is 0.397 e. The molecule has 1 saturated carbocycles. The summed E-state index contributed by atoms with van der Waals surface area (Å²) >= 11 is 1.59. The summed E-state index contributed by atoms with van der Waals surface area (Å²) < 4.78 is 0. The maximum atomic E-state index is 12.0. The van der Waals surface area contributed by atoms with Gasteiger partial charge in [-0.05, 0) is 38.2 Å². The van der Waals surface area contributed by atoms with Crippen molar-refractivity contribution < 1.29 is 4.79 Å². The van der Waals surface area contributed by atoms with E-state index in [1.165, 1.54) is 24.3 Å². The predicted molar refractivity (Wildman–Crippen MR) is 71.8 cm³/mol. The molecule has 92 valence electrons. The Morgan fingerprint density at radius 3 is 2.65 bits per heavy atom. The van der Waals surface area contributed by atoms with Crippen molar-refractivity contribution in [3.63, 3.8) is 0 Å². The molecule has 1 aromatic rings. The second-order valence-electron chi connectivity index (χ2n) is 5.06. The number of hydrogen-bond donors (Lipinski definition) is 1. The highest BCUT2D eigenvalue weighted by Crippen LogP contribution is 2.40. The third kappa shape index (κ3) is 2.18. The number of ketones is 1. The molecule has 0 amide bonds.